The molecular weight excluding hydrogens is 393 g/mol. The molecule has 2 rings (SSSR count). The molecule has 0 N–H and O–H groups in total. The molecule has 9 heteroatoms. The summed E-state index contributed by atoms with van der Waals surface area (Å²) >= 11 is 3.94. The first-order valence-corrected chi connectivity index (χ1v) is 8.69. The summed E-state index contributed by atoms with van der Waals surface area (Å²) < 4.78 is 21.1. The van der Waals surface area contributed by atoms with Crippen LogP contribution < -0.4 is 0 Å². The standard InChI is InChI=1S/C14H19BrFNO5S/c1-12(2,3)11(20)22-6-21-8(18)7-13(4,5)23-10-14(15,16)9(19)17(7)10/h7,10H,6H2,1-5H3/t7-,10+,14-/m0/s1. The third-order valence-electron chi connectivity index (χ3n) is 3.66. The molecule has 0 aromatic heterocycles. The second-order valence-corrected chi connectivity index (χ2v) is 9.96. The zero-order valence-electron chi connectivity index (χ0n) is 13.5. The Kier molecular flexibility index (Phi) is 4.52. The second kappa shape index (κ2) is 5.61. The van der Waals surface area contributed by atoms with Gasteiger partial charge in [0.2, 0.25) is 6.79 Å². The maximum atomic E-state index is 14.1. The number of esters is 2. The average Bonchev–Trinajstić information content (AvgIpc) is 2.67. The molecule has 2 aliphatic rings. The Morgan fingerprint density at radius 3 is 2.43 bits per heavy atom. The van der Waals surface area contributed by atoms with Crippen LogP contribution in [0.3, 0.4) is 0 Å². The number of carbonyl (C=O) groups is 3. The van der Waals surface area contributed by atoms with Crippen LogP contribution in [0, 0.1) is 5.41 Å². The van der Waals surface area contributed by atoms with Crippen molar-refractivity contribution >= 4 is 45.5 Å². The van der Waals surface area contributed by atoms with Gasteiger partial charge in [0.25, 0.3) is 10.5 Å². The van der Waals surface area contributed by atoms with Gasteiger partial charge in [-0.1, -0.05) is 0 Å². The summed E-state index contributed by atoms with van der Waals surface area (Å²) in [7, 11) is 0. The van der Waals surface area contributed by atoms with Crippen molar-refractivity contribution in [3.8, 4) is 0 Å². The Hall–Kier alpha value is -0.830. The number of rotatable bonds is 3. The second-order valence-electron chi connectivity index (χ2n) is 7.07. The van der Waals surface area contributed by atoms with Crippen LogP contribution >= 0.6 is 27.7 Å². The molecule has 0 spiro atoms. The molecule has 0 radical (unpaired) electrons. The first-order valence-electron chi connectivity index (χ1n) is 7.02. The van der Waals surface area contributed by atoms with E-state index in [0.717, 1.165) is 0 Å². The molecular formula is C14H19BrFNO5S. The minimum absolute atomic E-state index is 0.508. The summed E-state index contributed by atoms with van der Waals surface area (Å²) in [6.07, 6.45) is 0. The van der Waals surface area contributed by atoms with Gasteiger partial charge in [-0.25, -0.2) is 9.18 Å². The normalized spacial score (nSPS) is 32.1. The molecule has 2 saturated heterocycles. The summed E-state index contributed by atoms with van der Waals surface area (Å²) in [6.45, 7) is 7.96. The Morgan fingerprint density at radius 1 is 1.35 bits per heavy atom. The van der Waals surface area contributed by atoms with Gasteiger partial charge in [-0.15, -0.1) is 11.8 Å². The highest BCUT2D eigenvalue weighted by atomic mass is 79.9. The van der Waals surface area contributed by atoms with E-state index < -0.39 is 50.8 Å². The molecule has 1 amide bonds. The van der Waals surface area contributed by atoms with E-state index in [1.807, 2.05) is 0 Å². The van der Waals surface area contributed by atoms with Gasteiger partial charge in [0.1, 0.15) is 11.4 Å². The SMILES string of the molecule is CC(C)(C)C(=O)OCOC(=O)[C@@H]1N2C(=O)[C@@](F)(Br)[C@H]2SC1(C)C. The maximum Gasteiger partial charge on any atom is 0.333 e. The summed E-state index contributed by atoms with van der Waals surface area (Å²) in [4.78, 5) is 37.0. The Morgan fingerprint density at radius 2 is 1.91 bits per heavy atom. The Bertz CT molecular complexity index is 560. The van der Waals surface area contributed by atoms with Gasteiger partial charge in [-0.05, 0) is 50.5 Å². The minimum Gasteiger partial charge on any atom is -0.427 e. The highest BCUT2D eigenvalue weighted by molar-refractivity contribution is 9.10. The fraction of sp³-hybridized carbons (Fsp3) is 0.786. The molecule has 2 aliphatic heterocycles. The molecule has 23 heavy (non-hydrogen) atoms. The maximum absolute atomic E-state index is 14.1. The van der Waals surface area contributed by atoms with E-state index in [-0.39, 0.29) is 0 Å². The summed E-state index contributed by atoms with van der Waals surface area (Å²) in [6, 6.07) is -0.931. The van der Waals surface area contributed by atoms with Crippen LogP contribution in [0.15, 0.2) is 0 Å². The first kappa shape index (κ1) is 18.5. The number of alkyl halides is 2. The van der Waals surface area contributed by atoms with Crippen molar-refractivity contribution in [3.63, 3.8) is 0 Å². The van der Waals surface area contributed by atoms with Crippen LogP contribution in [0.25, 0.3) is 0 Å². The van der Waals surface area contributed by atoms with Gasteiger partial charge in [0.05, 0.1) is 5.41 Å². The fourth-order valence-electron chi connectivity index (χ4n) is 2.40. The Labute approximate surface area is 146 Å². The lowest BCUT2D eigenvalue weighted by Gasteiger charge is -2.44. The fourth-order valence-corrected chi connectivity index (χ4v) is 4.60. The molecule has 6 nitrogen and oxygen atoms in total. The van der Waals surface area contributed by atoms with Crippen molar-refractivity contribution in [1.82, 2.24) is 4.90 Å². The molecule has 0 aromatic rings. The molecule has 0 unspecified atom stereocenters. The van der Waals surface area contributed by atoms with E-state index in [4.69, 9.17) is 9.47 Å². The highest BCUT2D eigenvalue weighted by Gasteiger charge is 2.72. The third kappa shape index (κ3) is 3.09. The lowest BCUT2D eigenvalue weighted by molar-refractivity contribution is -0.182. The van der Waals surface area contributed by atoms with Gasteiger partial charge >= 0.3 is 11.9 Å². The van der Waals surface area contributed by atoms with E-state index in [9.17, 15) is 18.8 Å². The van der Waals surface area contributed by atoms with Crippen LogP contribution in [-0.2, 0) is 23.9 Å². The monoisotopic (exact) mass is 411 g/mol. The average molecular weight is 412 g/mol. The zero-order chi connectivity index (χ0) is 17.8. The zero-order valence-corrected chi connectivity index (χ0v) is 15.9. The quantitative estimate of drug-likeness (QED) is 0.306. The third-order valence-corrected chi connectivity index (χ3v) is 6.34. The largest absolute Gasteiger partial charge is 0.427 e. The topological polar surface area (TPSA) is 72.9 Å². The summed E-state index contributed by atoms with van der Waals surface area (Å²) in [5.74, 6) is -2.02. The number of amides is 1. The van der Waals surface area contributed by atoms with E-state index in [1.165, 1.54) is 16.7 Å². The predicted molar refractivity (Wildman–Crippen MR) is 85.4 cm³/mol. The number of carbonyl (C=O) groups excluding carboxylic acids is 3. The van der Waals surface area contributed by atoms with E-state index in [2.05, 4.69) is 15.9 Å². The molecule has 0 saturated carbocycles. The number of ether oxygens (including phenoxy) is 2. The number of hydrogen-bond acceptors (Lipinski definition) is 6. The molecule has 3 atom stereocenters. The minimum atomic E-state index is -2.15. The number of hydrogen-bond donors (Lipinski definition) is 0. The molecule has 0 aromatic carbocycles. The van der Waals surface area contributed by atoms with Crippen LogP contribution in [-0.4, -0.2) is 50.3 Å². The van der Waals surface area contributed by atoms with Crippen LogP contribution in [0.1, 0.15) is 34.6 Å². The van der Waals surface area contributed by atoms with Crippen LogP contribution in [0.4, 0.5) is 4.39 Å². The van der Waals surface area contributed by atoms with Gasteiger partial charge in [-0.2, -0.15) is 0 Å². The van der Waals surface area contributed by atoms with Crippen LogP contribution in [0.2, 0.25) is 0 Å². The lowest BCUT2D eigenvalue weighted by Crippen LogP contribution is -2.69. The molecule has 0 bridgehead atoms. The first-order chi connectivity index (χ1) is 10.3. The number of nitrogens with zero attached hydrogens (tertiary/aromatic N) is 1. The van der Waals surface area contributed by atoms with Gasteiger partial charge in [0.15, 0.2) is 0 Å². The van der Waals surface area contributed by atoms with E-state index in [0.29, 0.717) is 0 Å². The molecule has 2 heterocycles. The lowest BCUT2D eigenvalue weighted by atomic mass is 9.97. The Balaban J connectivity index is 2.00. The summed E-state index contributed by atoms with van der Waals surface area (Å²) in [5, 5.41) is -0.778. The van der Waals surface area contributed by atoms with Crippen molar-refractivity contribution in [2.75, 3.05) is 6.79 Å². The molecule has 130 valence electrons. The van der Waals surface area contributed by atoms with Crippen molar-refractivity contribution < 1.29 is 28.2 Å². The molecule has 2 fully saturated rings. The van der Waals surface area contributed by atoms with Gasteiger partial charge in [-0.3, -0.25) is 9.59 Å². The van der Waals surface area contributed by atoms with E-state index >= 15 is 0 Å². The predicted octanol–water partition coefficient (Wildman–Crippen LogP) is 2.20. The van der Waals surface area contributed by atoms with Crippen molar-refractivity contribution in [2.45, 2.75) is 55.4 Å². The van der Waals surface area contributed by atoms with Crippen LogP contribution in [0.5, 0.6) is 0 Å². The van der Waals surface area contributed by atoms with Crippen molar-refractivity contribution in [1.29, 1.82) is 0 Å². The number of β-lactam (4-membered cyclic amide) rings is 1. The summed E-state index contributed by atoms with van der Waals surface area (Å²) in [5.41, 5.74) is -0.711. The molecule has 0 aliphatic carbocycles. The number of halogens is 2. The van der Waals surface area contributed by atoms with E-state index in [1.54, 1.807) is 34.6 Å². The number of fused-ring (bicyclic) bond motifs is 1. The van der Waals surface area contributed by atoms with Crippen molar-refractivity contribution in [2.24, 2.45) is 5.41 Å². The van der Waals surface area contributed by atoms with Gasteiger partial charge < -0.3 is 14.4 Å². The highest BCUT2D eigenvalue weighted by Crippen LogP contribution is 2.58. The van der Waals surface area contributed by atoms with Gasteiger partial charge in [0, 0.05) is 4.75 Å². The van der Waals surface area contributed by atoms with Crippen molar-refractivity contribution in [3.05, 3.63) is 0 Å². The number of thioether (sulfide) groups is 1. The smallest absolute Gasteiger partial charge is 0.333 e.